The fraction of sp³-hybridized carbons (Fsp3) is 0.545. The Morgan fingerprint density at radius 1 is 1.17 bits per heavy atom. The lowest BCUT2D eigenvalue weighted by Crippen LogP contribution is -2.55. The second kappa shape index (κ2) is 7.83. The number of rotatable bonds is 4. The number of nitrogens with zero attached hydrogens (tertiary/aromatic N) is 6. The number of aromatic nitrogens is 4. The van der Waals surface area contributed by atoms with Crippen molar-refractivity contribution >= 4 is 28.4 Å². The number of hydrogen-bond donors (Lipinski definition) is 0. The number of ether oxygens (including phenoxy) is 1. The minimum absolute atomic E-state index is 0.137. The van der Waals surface area contributed by atoms with Crippen molar-refractivity contribution in [3.05, 3.63) is 30.1 Å². The molecule has 5 rings (SSSR count). The molecule has 1 aliphatic heterocycles. The number of benzene rings is 1. The molecule has 1 unspecified atom stereocenters. The second-order valence-corrected chi connectivity index (χ2v) is 8.45. The molecule has 2 aliphatic rings. The molecule has 1 atom stereocenters. The lowest BCUT2D eigenvalue weighted by molar-refractivity contribution is -0.137. The molecule has 1 saturated carbocycles. The van der Waals surface area contributed by atoms with Crippen molar-refractivity contribution in [3.63, 3.8) is 0 Å². The van der Waals surface area contributed by atoms with E-state index in [1.165, 1.54) is 12.8 Å². The van der Waals surface area contributed by atoms with Crippen LogP contribution in [0.5, 0.6) is 0 Å². The van der Waals surface area contributed by atoms with Crippen LogP contribution >= 0.6 is 0 Å². The first kappa shape index (κ1) is 19.2. The van der Waals surface area contributed by atoms with Gasteiger partial charge >= 0.3 is 0 Å². The smallest absolute Gasteiger partial charge is 0.226 e. The lowest BCUT2D eigenvalue weighted by Gasteiger charge is -2.41. The fourth-order valence-corrected chi connectivity index (χ4v) is 4.93. The maximum absolute atomic E-state index is 13.0. The van der Waals surface area contributed by atoms with E-state index in [0.29, 0.717) is 19.1 Å². The molecule has 30 heavy (non-hydrogen) atoms. The van der Waals surface area contributed by atoms with Gasteiger partial charge in [-0.15, -0.1) is 10.2 Å². The number of carbonyl (C=O) groups is 1. The van der Waals surface area contributed by atoms with E-state index in [0.717, 1.165) is 54.3 Å². The molecule has 158 valence electrons. The standard InChI is InChI=1S/C22H28N6O2/c1-15-13-26(11-12-27(15)21(29)16-7-3-4-8-16)22-23-18-10-6-5-9-17(18)20-25-24-19(14-30-2)28(20)22/h5-6,9-10,15-16H,3-4,7-8,11-14H2,1-2H3. The summed E-state index contributed by atoms with van der Waals surface area (Å²) in [6.07, 6.45) is 4.44. The van der Waals surface area contributed by atoms with E-state index in [1.54, 1.807) is 7.11 Å². The molecule has 2 fully saturated rings. The van der Waals surface area contributed by atoms with Gasteiger partial charge in [-0.05, 0) is 31.9 Å². The monoisotopic (exact) mass is 408 g/mol. The number of hydrogen-bond acceptors (Lipinski definition) is 6. The zero-order valence-electron chi connectivity index (χ0n) is 17.6. The Morgan fingerprint density at radius 3 is 2.73 bits per heavy atom. The molecule has 1 aromatic carbocycles. The molecular weight excluding hydrogens is 380 g/mol. The van der Waals surface area contributed by atoms with Crippen LogP contribution in [0.15, 0.2) is 24.3 Å². The molecule has 8 nitrogen and oxygen atoms in total. The van der Waals surface area contributed by atoms with E-state index < -0.39 is 0 Å². The van der Waals surface area contributed by atoms with Crippen LogP contribution in [0.4, 0.5) is 5.95 Å². The Kier molecular flexibility index (Phi) is 5.02. The third-order valence-corrected chi connectivity index (χ3v) is 6.47. The molecule has 3 heterocycles. The molecule has 1 amide bonds. The van der Waals surface area contributed by atoms with E-state index in [9.17, 15) is 4.79 Å². The van der Waals surface area contributed by atoms with Gasteiger partial charge < -0.3 is 14.5 Å². The lowest BCUT2D eigenvalue weighted by atomic mass is 10.0. The number of methoxy groups -OCH3 is 1. The van der Waals surface area contributed by atoms with Crippen LogP contribution in [0.25, 0.3) is 16.6 Å². The summed E-state index contributed by atoms with van der Waals surface area (Å²) in [6.45, 7) is 4.70. The predicted molar refractivity (Wildman–Crippen MR) is 114 cm³/mol. The van der Waals surface area contributed by atoms with Crippen LogP contribution in [-0.2, 0) is 16.1 Å². The van der Waals surface area contributed by atoms with Crippen molar-refractivity contribution in [2.45, 2.75) is 45.3 Å². The Bertz CT molecular complexity index is 1070. The van der Waals surface area contributed by atoms with Crippen LogP contribution in [-0.4, -0.2) is 63.2 Å². The van der Waals surface area contributed by atoms with Gasteiger partial charge in [0.05, 0.1) is 5.52 Å². The first-order chi connectivity index (χ1) is 14.7. The van der Waals surface area contributed by atoms with Crippen LogP contribution in [0.2, 0.25) is 0 Å². The molecular formula is C22H28N6O2. The summed E-state index contributed by atoms with van der Waals surface area (Å²) >= 11 is 0. The minimum atomic E-state index is 0.137. The van der Waals surface area contributed by atoms with Gasteiger partial charge in [0.25, 0.3) is 0 Å². The third-order valence-electron chi connectivity index (χ3n) is 6.47. The van der Waals surface area contributed by atoms with Gasteiger partial charge in [-0.2, -0.15) is 0 Å². The molecule has 0 bridgehead atoms. The summed E-state index contributed by atoms with van der Waals surface area (Å²) in [6, 6.07) is 8.14. The summed E-state index contributed by atoms with van der Waals surface area (Å²) in [5.41, 5.74) is 1.69. The zero-order chi connectivity index (χ0) is 20.7. The fourth-order valence-electron chi connectivity index (χ4n) is 4.93. The predicted octanol–water partition coefficient (Wildman–Crippen LogP) is 2.65. The first-order valence-electron chi connectivity index (χ1n) is 10.8. The number of amides is 1. The van der Waals surface area contributed by atoms with Gasteiger partial charge in [0, 0.05) is 44.1 Å². The van der Waals surface area contributed by atoms with E-state index in [1.807, 2.05) is 28.7 Å². The molecule has 0 radical (unpaired) electrons. The number of para-hydroxylation sites is 1. The van der Waals surface area contributed by atoms with Gasteiger partial charge in [-0.25, -0.2) is 9.38 Å². The summed E-state index contributed by atoms with van der Waals surface area (Å²) < 4.78 is 7.36. The number of fused-ring (bicyclic) bond motifs is 3. The molecule has 0 spiro atoms. The van der Waals surface area contributed by atoms with Crippen molar-refractivity contribution in [2.24, 2.45) is 5.92 Å². The number of carbonyl (C=O) groups excluding carboxylic acids is 1. The van der Waals surface area contributed by atoms with Crippen LogP contribution < -0.4 is 4.90 Å². The largest absolute Gasteiger partial charge is 0.377 e. The minimum Gasteiger partial charge on any atom is -0.377 e. The highest BCUT2D eigenvalue weighted by Crippen LogP contribution is 2.30. The highest BCUT2D eigenvalue weighted by molar-refractivity contribution is 5.92. The molecule has 1 saturated heterocycles. The number of piperazine rings is 1. The SMILES string of the molecule is COCc1nnc2c3ccccc3nc(N3CCN(C(=O)C4CCCC4)C(C)C3)n12. The van der Waals surface area contributed by atoms with Crippen molar-refractivity contribution in [3.8, 4) is 0 Å². The van der Waals surface area contributed by atoms with E-state index >= 15 is 0 Å². The summed E-state index contributed by atoms with van der Waals surface area (Å²) in [5.74, 6) is 2.11. The van der Waals surface area contributed by atoms with Crippen molar-refractivity contribution in [1.82, 2.24) is 24.5 Å². The Hall–Kier alpha value is -2.74. The van der Waals surface area contributed by atoms with Crippen molar-refractivity contribution in [2.75, 3.05) is 31.6 Å². The third kappa shape index (κ3) is 3.19. The zero-order valence-corrected chi connectivity index (χ0v) is 17.6. The average Bonchev–Trinajstić information content (AvgIpc) is 3.44. The van der Waals surface area contributed by atoms with Gasteiger partial charge in [0.1, 0.15) is 6.61 Å². The Balaban J connectivity index is 1.49. The maximum Gasteiger partial charge on any atom is 0.226 e. The second-order valence-electron chi connectivity index (χ2n) is 8.45. The quantitative estimate of drug-likeness (QED) is 0.661. The topological polar surface area (TPSA) is 75.9 Å². The van der Waals surface area contributed by atoms with Crippen molar-refractivity contribution < 1.29 is 9.53 Å². The van der Waals surface area contributed by atoms with Gasteiger partial charge in [0.2, 0.25) is 11.9 Å². The van der Waals surface area contributed by atoms with Crippen LogP contribution in [0, 0.1) is 5.92 Å². The Morgan fingerprint density at radius 2 is 1.97 bits per heavy atom. The summed E-state index contributed by atoms with van der Waals surface area (Å²) in [4.78, 5) is 22.3. The highest BCUT2D eigenvalue weighted by atomic mass is 16.5. The normalized spacial score (nSPS) is 20.5. The number of anilines is 1. The van der Waals surface area contributed by atoms with Gasteiger partial charge in [0.15, 0.2) is 11.5 Å². The Labute approximate surface area is 175 Å². The van der Waals surface area contributed by atoms with Crippen molar-refractivity contribution in [1.29, 1.82) is 0 Å². The summed E-state index contributed by atoms with van der Waals surface area (Å²) in [5, 5.41) is 9.77. The summed E-state index contributed by atoms with van der Waals surface area (Å²) in [7, 11) is 1.66. The average molecular weight is 409 g/mol. The first-order valence-corrected chi connectivity index (χ1v) is 10.8. The molecule has 1 aliphatic carbocycles. The van der Waals surface area contributed by atoms with E-state index in [2.05, 4.69) is 26.9 Å². The molecule has 2 aromatic heterocycles. The maximum atomic E-state index is 13.0. The molecule has 8 heteroatoms. The molecule has 3 aromatic rings. The van der Waals surface area contributed by atoms with Gasteiger partial charge in [-0.3, -0.25) is 4.79 Å². The van der Waals surface area contributed by atoms with Crippen LogP contribution in [0.1, 0.15) is 38.4 Å². The highest BCUT2D eigenvalue weighted by Gasteiger charge is 2.34. The van der Waals surface area contributed by atoms with E-state index in [4.69, 9.17) is 9.72 Å². The molecule has 0 N–H and O–H groups in total. The van der Waals surface area contributed by atoms with Crippen LogP contribution in [0.3, 0.4) is 0 Å². The van der Waals surface area contributed by atoms with Gasteiger partial charge in [-0.1, -0.05) is 25.0 Å². The van der Waals surface area contributed by atoms with E-state index in [-0.39, 0.29) is 12.0 Å².